The van der Waals surface area contributed by atoms with Crippen LogP contribution in [0.1, 0.15) is 26.7 Å². The molecule has 4 heteroatoms. The fraction of sp³-hybridized carbons (Fsp3) is 1.00. The topological polar surface area (TPSA) is 64.7 Å². The number of hydrogen-bond acceptors (Lipinski definition) is 4. The summed E-state index contributed by atoms with van der Waals surface area (Å²) >= 11 is 0. The van der Waals surface area contributed by atoms with Gasteiger partial charge in [-0.15, -0.1) is 0 Å². The second kappa shape index (κ2) is 7.26. The van der Waals surface area contributed by atoms with Crippen molar-refractivity contribution in [1.82, 2.24) is 0 Å². The van der Waals surface area contributed by atoms with Crippen molar-refractivity contribution in [2.24, 2.45) is 5.73 Å². The minimum Gasteiger partial charge on any atom is -0.392 e. The van der Waals surface area contributed by atoms with Crippen LogP contribution in [0.4, 0.5) is 0 Å². The zero-order chi connectivity index (χ0) is 10.2. The zero-order valence-corrected chi connectivity index (χ0v) is 8.58. The molecule has 0 amide bonds. The first kappa shape index (κ1) is 12.8. The molecular formula is C9H21NO3. The molecule has 0 aromatic rings. The summed E-state index contributed by atoms with van der Waals surface area (Å²) in [5, 5.41) is 8.94. The van der Waals surface area contributed by atoms with E-state index in [2.05, 4.69) is 6.92 Å². The first-order valence-electron chi connectivity index (χ1n) is 4.80. The van der Waals surface area contributed by atoms with E-state index >= 15 is 0 Å². The van der Waals surface area contributed by atoms with Crippen LogP contribution in [0.25, 0.3) is 0 Å². The highest BCUT2D eigenvalue weighted by molar-refractivity contribution is 4.70. The standard InChI is InChI=1S/C9H21NO3/c1-3-5-6-12-8-9(10,7-11)13-4-2/h11H,3-8,10H2,1-2H3. The van der Waals surface area contributed by atoms with E-state index in [0.29, 0.717) is 13.2 Å². The van der Waals surface area contributed by atoms with E-state index in [-0.39, 0.29) is 13.2 Å². The monoisotopic (exact) mass is 191 g/mol. The van der Waals surface area contributed by atoms with Crippen LogP contribution in [-0.4, -0.2) is 37.3 Å². The fourth-order valence-corrected chi connectivity index (χ4v) is 0.912. The van der Waals surface area contributed by atoms with Gasteiger partial charge in [0.15, 0.2) is 5.72 Å². The molecule has 1 atom stereocenters. The third-order valence-corrected chi connectivity index (χ3v) is 1.69. The first-order chi connectivity index (χ1) is 6.18. The van der Waals surface area contributed by atoms with Crippen molar-refractivity contribution in [3.8, 4) is 0 Å². The average Bonchev–Trinajstić information content (AvgIpc) is 2.13. The molecule has 0 aromatic carbocycles. The lowest BCUT2D eigenvalue weighted by molar-refractivity contribution is -0.116. The van der Waals surface area contributed by atoms with E-state index in [1.54, 1.807) is 0 Å². The molecule has 0 aromatic heterocycles. The molecular weight excluding hydrogens is 170 g/mol. The Morgan fingerprint density at radius 2 is 2.08 bits per heavy atom. The van der Waals surface area contributed by atoms with E-state index in [1.165, 1.54) is 0 Å². The van der Waals surface area contributed by atoms with Crippen molar-refractivity contribution in [1.29, 1.82) is 0 Å². The molecule has 3 N–H and O–H groups in total. The van der Waals surface area contributed by atoms with Crippen LogP contribution in [0.2, 0.25) is 0 Å². The molecule has 0 aliphatic rings. The van der Waals surface area contributed by atoms with Crippen LogP contribution in [0, 0.1) is 0 Å². The number of ether oxygens (including phenoxy) is 2. The Labute approximate surface area is 80.0 Å². The van der Waals surface area contributed by atoms with Crippen molar-refractivity contribution in [2.45, 2.75) is 32.4 Å². The Morgan fingerprint density at radius 1 is 1.38 bits per heavy atom. The number of aliphatic hydroxyl groups excluding tert-OH is 1. The van der Waals surface area contributed by atoms with Gasteiger partial charge in [0.2, 0.25) is 0 Å². The molecule has 13 heavy (non-hydrogen) atoms. The molecule has 4 nitrogen and oxygen atoms in total. The van der Waals surface area contributed by atoms with Crippen LogP contribution in [0.3, 0.4) is 0 Å². The predicted octanol–water partition coefficient (Wildman–Crippen LogP) is 0.487. The smallest absolute Gasteiger partial charge is 0.163 e. The van der Waals surface area contributed by atoms with Gasteiger partial charge in [-0.05, 0) is 13.3 Å². The molecule has 80 valence electrons. The minimum atomic E-state index is -1.03. The lowest BCUT2D eigenvalue weighted by Gasteiger charge is -2.26. The van der Waals surface area contributed by atoms with Gasteiger partial charge in [0.25, 0.3) is 0 Å². The number of rotatable bonds is 8. The maximum Gasteiger partial charge on any atom is 0.163 e. The van der Waals surface area contributed by atoms with Gasteiger partial charge < -0.3 is 14.6 Å². The largest absolute Gasteiger partial charge is 0.392 e. The number of nitrogens with two attached hydrogens (primary N) is 1. The van der Waals surface area contributed by atoms with Gasteiger partial charge in [-0.1, -0.05) is 13.3 Å². The summed E-state index contributed by atoms with van der Waals surface area (Å²) in [5.41, 5.74) is 4.67. The highest BCUT2D eigenvalue weighted by Crippen LogP contribution is 2.03. The lowest BCUT2D eigenvalue weighted by atomic mass is 10.3. The van der Waals surface area contributed by atoms with Crippen LogP contribution in [0.15, 0.2) is 0 Å². The number of hydrogen-bond donors (Lipinski definition) is 2. The summed E-state index contributed by atoms with van der Waals surface area (Å²) in [7, 11) is 0. The van der Waals surface area contributed by atoms with Gasteiger partial charge in [-0.2, -0.15) is 0 Å². The molecule has 0 rings (SSSR count). The quantitative estimate of drug-likeness (QED) is 0.433. The van der Waals surface area contributed by atoms with Crippen molar-refractivity contribution in [3.05, 3.63) is 0 Å². The minimum absolute atomic E-state index is 0.215. The van der Waals surface area contributed by atoms with E-state index < -0.39 is 5.72 Å². The van der Waals surface area contributed by atoms with E-state index in [9.17, 15) is 0 Å². The second-order valence-electron chi connectivity index (χ2n) is 3.06. The number of unbranched alkanes of at least 4 members (excludes halogenated alkanes) is 1. The van der Waals surface area contributed by atoms with Gasteiger partial charge in [-0.3, -0.25) is 5.73 Å². The van der Waals surface area contributed by atoms with Gasteiger partial charge >= 0.3 is 0 Å². The van der Waals surface area contributed by atoms with E-state index in [1.807, 2.05) is 6.92 Å². The van der Waals surface area contributed by atoms with Crippen molar-refractivity contribution in [2.75, 3.05) is 26.4 Å². The second-order valence-corrected chi connectivity index (χ2v) is 3.06. The zero-order valence-electron chi connectivity index (χ0n) is 8.58. The lowest BCUT2D eigenvalue weighted by Crippen LogP contribution is -2.50. The van der Waals surface area contributed by atoms with Crippen molar-refractivity contribution in [3.63, 3.8) is 0 Å². The highest BCUT2D eigenvalue weighted by Gasteiger charge is 2.24. The van der Waals surface area contributed by atoms with Gasteiger partial charge in [0.1, 0.15) is 0 Å². The normalized spacial score (nSPS) is 15.7. The summed E-state index contributed by atoms with van der Waals surface area (Å²) < 4.78 is 10.4. The third kappa shape index (κ3) is 5.99. The maximum atomic E-state index is 8.94. The van der Waals surface area contributed by atoms with Gasteiger partial charge in [-0.25, -0.2) is 0 Å². The maximum absolute atomic E-state index is 8.94. The predicted molar refractivity (Wildman–Crippen MR) is 51.4 cm³/mol. The van der Waals surface area contributed by atoms with E-state index in [0.717, 1.165) is 12.8 Å². The molecule has 0 fully saturated rings. The summed E-state index contributed by atoms with van der Waals surface area (Å²) in [5.74, 6) is 0. The van der Waals surface area contributed by atoms with Crippen LogP contribution >= 0.6 is 0 Å². The molecule has 0 radical (unpaired) electrons. The molecule has 1 unspecified atom stereocenters. The Balaban J connectivity index is 3.57. The van der Waals surface area contributed by atoms with Crippen molar-refractivity contribution >= 4 is 0 Å². The summed E-state index contributed by atoms with van der Waals surface area (Å²) in [6.45, 7) is 5.11. The molecule has 0 bridgehead atoms. The Bertz CT molecular complexity index is 121. The van der Waals surface area contributed by atoms with Crippen LogP contribution < -0.4 is 5.73 Å². The summed E-state index contributed by atoms with van der Waals surface area (Å²) in [4.78, 5) is 0. The Morgan fingerprint density at radius 3 is 2.54 bits per heavy atom. The average molecular weight is 191 g/mol. The molecule has 0 saturated carbocycles. The molecule has 0 aliphatic carbocycles. The summed E-state index contributed by atoms with van der Waals surface area (Å²) in [6, 6.07) is 0. The number of aliphatic hydroxyl groups is 1. The van der Waals surface area contributed by atoms with Crippen LogP contribution in [-0.2, 0) is 9.47 Å². The summed E-state index contributed by atoms with van der Waals surface area (Å²) in [6.07, 6.45) is 2.10. The first-order valence-corrected chi connectivity index (χ1v) is 4.80. The molecule has 0 heterocycles. The molecule has 0 aliphatic heterocycles. The Kier molecular flexibility index (Phi) is 7.17. The van der Waals surface area contributed by atoms with E-state index in [4.69, 9.17) is 20.3 Å². The van der Waals surface area contributed by atoms with Crippen molar-refractivity contribution < 1.29 is 14.6 Å². The highest BCUT2D eigenvalue weighted by atomic mass is 16.6. The fourth-order valence-electron chi connectivity index (χ4n) is 0.912. The van der Waals surface area contributed by atoms with Gasteiger partial charge in [0, 0.05) is 13.2 Å². The molecule has 0 saturated heterocycles. The molecule has 0 spiro atoms. The third-order valence-electron chi connectivity index (χ3n) is 1.69. The Hall–Kier alpha value is -0.160. The van der Waals surface area contributed by atoms with Gasteiger partial charge in [0.05, 0.1) is 13.2 Å². The van der Waals surface area contributed by atoms with Crippen LogP contribution in [0.5, 0.6) is 0 Å². The SMILES string of the molecule is CCCCOCC(N)(CO)OCC.